The third kappa shape index (κ3) is 1.80. The molecule has 0 saturated carbocycles. The first-order chi connectivity index (χ1) is 7.78. The second kappa shape index (κ2) is 4.44. The summed E-state index contributed by atoms with van der Waals surface area (Å²) in [5, 5.41) is 0. The standard InChI is InChI=1S/C12H24N2O2Si/c1-7-17(8-2,9-3)14-10(15)12(4,5)13(6)11(14)16/h7-9H2,1-6H3. The molecule has 1 fully saturated rings. The Kier molecular flexibility index (Phi) is 3.71. The van der Waals surface area contributed by atoms with E-state index in [1.165, 1.54) is 0 Å². The van der Waals surface area contributed by atoms with Crippen LogP contribution in [-0.2, 0) is 4.79 Å². The minimum Gasteiger partial charge on any atom is -0.314 e. The minimum absolute atomic E-state index is 0.0118. The van der Waals surface area contributed by atoms with Gasteiger partial charge in [-0.3, -0.25) is 9.36 Å². The summed E-state index contributed by atoms with van der Waals surface area (Å²) >= 11 is 0. The first-order valence-corrected chi connectivity index (χ1v) is 8.97. The van der Waals surface area contributed by atoms with Gasteiger partial charge in [-0.05, 0) is 32.0 Å². The fourth-order valence-electron chi connectivity index (χ4n) is 2.54. The molecule has 17 heavy (non-hydrogen) atoms. The summed E-state index contributed by atoms with van der Waals surface area (Å²) in [6, 6.07) is 2.74. The summed E-state index contributed by atoms with van der Waals surface area (Å²) in [7, 11) is -0.226. The van der Waals surface area contributed by atoms with Crippen LogP contribution in [0.4, 0.5) is 4.79 Å². The SMILES string of the molecule is CC[Si](CC)(CC)N1C(=O)N(C)C(C)(C)C1=O. The Labute approximate surface area is 105 Å². The Bertz CT molecular complexity index is 329. The van der Waals surface area contributed by atoms with Gasteiger partial charge in [-0.15, -0.1) is 0 Å². The van der Waals surface area contributed by atoms with E-state index in [0.717, 1.165) is 18.1 Å². The van der Waals surface area contributed by atoms with E-state index in [2.05, 4.69) is 20.8 Å². The molecule has 1 rings (SSSR count). The highest BCUT2D eigenvalue weighted by Crippen LogP contribution is 2.35. The zero-order valence-corrected chi connectivity index (χ0v) is 12.8. The first kappa shape index (κ1) is 14.2. The lowest BCUT2D eigenvalue weighted by molar-refractivity contribution is -0.129. The van der Waals surface area contributed by atoms with Gasteiger partial charge in [-0.25, -0.2) is 4.79 Å². The van der Waals surface area contributed by atoms with Gasteiger partial charge in [0.05, 0.1) is 0 Å². The summed E-state index contributed by atoms with van der Waals surface area (Å²) in [5.41, 5.74) is -0.686. The van der Waals surface area contributed by atoms with Crippen molar-refractivity contribution in [2.75, 3.05) is 7.05 Å². The fraction of sp³-hybridized carbons (Fsp3) is 0.833. The van der Waals surface area contributed by atoms with Gasteiger partial charge in [0.15, 0.2) is 8.24 Å². The van der Waals surface area contributed by atoms with Crippen molar-refractivity contribution in [2.24, 2.45) is 0 Å². The average Bonchev–Trinajstić information content (AvgIpc) is 2.46. The molecular weight excluding hydrogens is 232 g/mol. The fourth-order valence-corrected chi connectivity index (χ4v) is 6.24. The number of likely N-dealkylation sites (N-methyl/N-ethyl adjacent to an activating group) is 1. The predicted molar refractivity (Wildman–Crippen MR) is 71.3 cm³/mol. The maximum Gasteiger partial charge on any atom is 0.319 e. The van der Waals surface area contributed by atoms with Gasteiger partial charge in [-0.2, -0.15) is 0 Å². The van der Waals surface area contributed by atoms with E-state index in [1.807, 2.05) is 13.8 Å². The van der Waals surface area contributed by atoms with Crippen LogP contribution in [0.5, 0.6) is 0 Å². The molecule has 1 aliphatic heterocycles. The molecule has 1 heterocycles. The molecule has 1 saturated heterocycles. The Balaban J connectivity index is 3.23. The van der Waals surface area contributed by atoms with Crippen molar-refractivity contribution in [1.29, 1.82) is 0 Å². The predicted octanol–water partition coefficient (Wildman–Crippen LogP) is 2.66. The van der Waals surface area contributed by atoms with E-state index in [1.54, 1.807) is 16.5 Å². The molecule has 0 radical (unpaired) electrons. The molecule has 0 aromatic heterocycles. The average molecular weight is 256 g/mol. The van der Waals surface area contributed by atoms with Gasteiger partial charge >= 0.3 is 6.03 Å². The number of nitrogens with zero attached hydrogens (tertiary/aromatic N) is 2. The van der Waals surface area contributed by atoms with Crippen LogP contribution in [-0.4, -0.2) is 42.2 Å². The first-order valence-electron chi connectivity index (χ1n) is 6.41. The van der Waals surface area contributed by atoms with Crippen LogP contribution in [0, 0.1) is 0 Å². The third-order valence-electron chi connectivity index (χ3n) is 4.49. The molecule has 1 aliphatic rings. The summed E-state index contributed by atoms with van der Waals surface area (Å²) in [5.74, 6) is -0.0118. The van der Waals surface area contributed by atoms with E-state index in [4.69, 9.17) is 0 Å². The van der Waals surface area contributed by atoms with Crippen molar-refractivity contribution in [2.45, 2.75) is 58.3 Å². The Morgan fingerprint density at radius 2 is 1.47 bits per heavy atom. The van der Waals surface area contributed by atoms with E-state index in [9.17, 15) is 9.59 Å². The number of hydrogen-bond donors (Lipinski definition) is 0. The van der Waals surface area contributed by atoms with Crippen LogP contribution < -0.4 is 0 Å². The topological polar surface area (TPSA) is 40.6 Å². The van der Waals surface area contributed by atoms with Crippen LogP contribution in [0.3, 0.4) is 0 Å². The second-order valence-corrected chi connectivity index (χ2v) is 10.3. The van der Waals surface area contributed by atoms with Crippen molar-refractivity contribution >= 4 is 20.2 Å². The molecule has 0 spiro atoms. The normalized spacial score (nSPS) is 20.4. The van der Waals surface area contributed by atoms with Crippen LogP contribution in [0.15, 0.2) is 0 Å². The van der Waals surface area contributed by atoms with E-state index in [0.29, 0.717) is 0 Å². The highest BCUT2D eigenvalue weighted by Gasteiger charge is 2.55. The van der Waals surface area contributed by atoms with Gasteiger partial charge in [0.1, 0.15) is 5.54 Å². The van der Waals surface area contributed by atoms with E-state index < -0.39 is 13.8 Å². The molecule has 0 aromatic carbocycles. The molecule has 0 unspecified atom stereocenters. The minimum atomic E-state index is -1.95. The number of carbonyl (C=O) groups excluding carboxylic acids is 2. The molecule has 0 bridgehead atoms. The molecule has 4 nitrogen and oxygen atoms in total. The summed E-state index contributed by atoms with van der Waals surface area (Å²) in [6.45, 7) is 9.96. The van der Waals surface area contributed by atoms with Crippen molar-refractivity contribution < 1.29 is 9.59 Å². The summed E-state index contributed by atoms with van der Waals surface area (Å²) in [4.78, 5) is 26.4. The second-order valence-electron chi connectivity index (χ2n) is 5.33. The lowest BCUT2D eigenvalue weighted by atomic mass is 10.1. The molecule has 0 aliphatic carbocycles. The number of rotatable bonds is 4. The van der Waals surface area contributed by atoms with Gasteiger partial charge in [0.25, 0.3) is 0 Å². The van der Waals surface area contributed by atoms with Crippen LogP contribution >= 0.6 is 0 Å². The molecule has 5 heteroatoms. The number of amides is 3. The Morgan fingerprint density at radius 3 is 1.71 bits per heavy atom. The summed E-state index contributed by atoms with van der Waals surface area (Å²) in [6.07, 6.45) is 0. The Morgan fingerprint density at radius 1 is 1.06 bits per heavy atom. The molecule has 0 atom stereocenters. The van der Waals surface area contributed by atoms with Crippen LogP contribution in [0.2, 0.25) is 18.1 Å². The van der Waals surface area contributed by atoms with Crippen molar-refractivity contribution in [3.8, 4) is 0 Å². The van der Waals surface area contributed by atoms with Crippen LogP contribution in [0.25, 0.3) is 0 Å². The molecule has 98 valence electrons. The lowest BCUT2D eigenvalue weighted by Crippen LogP contribution is -2.56. The molecule has 0 N–H and O–H groups in total. The monoisotopic (exact) mass is 256 g/mol. The number of carbonyl (C=O) groups is 2. The van der Waals surface area contributed by atoms with Gasteiger partial charge < -0.3 is 4.90 Å². The zero-order chi connectivity index (χ0) is 13.4. The summed E-state index contributed by atoms with van der Waals surface area (Å²) < 4.78 is 1.63. The van der Waals surface area contributed by atoms with Crippen molar-refractivity contribution in [3.63, 3.8) is 0 Å². The maximum absolute atomic E-state index is 12.5. The number of urea groups is 1. The highest BCUT2D eigenvalue weighted by molar-refractivity contribution is 6.81. The number of hydrogen-bond acceptors (Lipinski definition) is 2. The van der Waals surface area contributed by atoms with Crippen LogP contribution in [0.1, 0.15) is 34.6 Å². The molecule has 3 amide bonds. The van der Waals surface area contributed by atoms with E-state index in [-0.39, 0.29) is 11.9 Å². The van der Waals surface area contributed by atoms with Gasteiger partial charge in [-0.1, -0.05) is 20.8 Å². The van der Waals surface area contributed by atoms with Crippen molar-refractivity contribution in [1.82, 2.24) is 9.47 Å². The maximum atomic E-state index is 12.5. The van der Waals surface area contributed by atoms with Gasteiger partial charge in [0.2, 0.25) is 5.91 Å². The zero-order valence-electron chi connectivity index (χ0n) is 11.8. The molecule has 0 aromatic rings. The third-order valence-corrected chi connectivity index (χ3v) is 9.78. The number of imide groups is 1. The smallest absolute Gasteiger partial charge is 0.314 e. The molecular formula is C12H24N2O2Si. The van der Waals surface area contributed by atoms with E-state index >= 15 is 0 Å². The highest BCUT2D eigenvalue weighted by atomic mass is 28.3. The van der Waals surface area contributed by atoms with Crippen molar-refractivity contribution in [3.05, 3.63) is 0 Å². The largest absolute Gasteiger partial charge is 0.319 e. The Hall–Kier alpha value is -0.843. The van der Waals surface area contributed by atoms with Gasteiger partial charge in [0, 0.05) is 7.05 Å². The lowest BCUT2D eigenvalue weighted by Gasteiger charge is -2.36. The quantitative estimate of drug-likeness (QED) is 0.573.